The van der Waals surface area contributed by atoms with Crippen molar-refractivity contribution in [2.24, 2.45) is 0 Å². The summed E-state index contributed by atoms with van der Waals surface area (Å²) in [4.78, 5) is 12.3. The lowest BCUT2D eigenvalue weighted by Crippen LogP contribution is -2.51. The zero-order chi connectivity index (χ0) is 13.9. The number of carbonyl (C=O) groups is 1. The molecule has 19 heavy (non-hydrogen) atoms. The van der Waals surface area contributed by atoms with Crippen LogP contribution in [0, 0.1) is 5.82 Å². The highest BCUT2D eigenvalue weighted by Gasteiger charge is 2.34. The van der Waals surface area contributed by atoms with Gasteiger partial charge in [0, 0.05) is 12.1 Å². The largest absolute Gasteiger partial charge is 0.382 e. The molecule has 1 aliphatic rings. The number of carbonyl (C=O) groups excluding carboxylic acids is 1. The summed E-state index contributed by atoms with van der Waals surface area (Å²) < 4.78 is 13.8. The SMILES string of the molecule is CCCNc1c(F)cccc1C(=O)NC1(C)CCC1. The number of anilines is 1. The van der Waals surface area contributed by atoms with Gasteiger partial charge >= 0.3 is 0 Å². The van der Waals surface area contributed by atoms with Gasteiger partial charge in [-0.25, -0.2) is 4.39 Å². The molecule has 0 atom stereocenters. The van der Waals surface area contributed by atoms with Gasteiger partial charge in [-0.3, -0.25) is 4.79 Å². The summed E-state index contributed by atoms with van der Waals surface area (Å²) in [7, 11) is 0. The molecule has 1 saturated carbocycles. The van der Waals surface area contributed by atoms with Crippen molar-refractivity contribution in [3.05, 3.63) is 29.6 Å². The van der Waals surface area contributed by atoms with Crippen molar-refractivity contribution in [1.82, 2.24) is 5.32 Å². The summed E-state index contributed by atoms with van der Waals surface area (Å²) in [6.45, 7) is 4.69. The molecule has 4 heteroatoms. The van der Waals surface area contributed by atoms with E-state index in [-0.39, 0.29) is 17.3 Å². The van der Waals surface area contributed by atoms with E-state index in [1.54, 1.807) is 12.1 Å². The number of nitrogens with one attached hydrogen (secondary N) is 2. The van der Waals surface area contributed by atoms with Crippen molar-refractivity contribution in [2.45, 2.75) is 45.1 Å². The second-order valence-corrected chi connectivity index (χ2v) is 5.46. The van der Waals surface area contributed by atoms with E-state index in [1.165, 1.54) is 6.07 Å². The number of hydrogen-bond donors (Lipinski definition) is 2. The third-order valence-corrected chi connectivity index (χ3v) is 3.68. The van der Waals surface area contributed by atoms with E-state index in [0.717, 1.165) is 25.7 Å². The first-order valence-electron chi connectivity index (χ1n) is 6.90. The molecular weight excluding hydrogens is 243 g/mol. The second-order valence-electron chi connectivity index (χ2n) is 5.46. The molecule has 1 fully saturated rings. The fraction of sp³-hybridized carbons (Fsp3) is 0.533. The van der Waals surface area contributed by atoms with Crippen molar-refractivity contribution in [3.63, 3.8) is 0 Å². The molecule has 0 spiro atoms. The topological polar surface area (TPSA) is 41.1 Å². The lowest BCUT2D eigenvalue weighted by atomic mass is 9.78. The van der Waals surface area contributed by atoms with Crippen LogP contribution in [0.1, 0.15) is 49.9 Å². The Labute approximate surface area is 113 Å². The number of para-hydroxylation sites is 1. The smallest absolute Gasteiger partial charge is 0.253 e. The maximum absolute atomic E-state index is 13.8. The van der Waals surface area contributed by atoms with Crippen LogP contribution in [0.5, 0.6) is 0 Å². The van der Waals surface area contributed by atoms with E-state index in [2.05, 4.69) is 10.6 Å². The lowest BCUT2D eigenvalue weighted by molar-refractivity contribution is 0.0851. The van der Waals surface area contributed by atoms with Gasteiger partial charge < -0.3 is 10.6 Å². The fourth-order valence-electron chi connectivity index (χ4n) is 2.32. The van der Waals surface area contributed by atoms with Crippen LogP contribution in [0.15, 0.2) is 18.2 Å². The van der Waals surface area contributed by atoms with Gasteiger partial charge in [-0.05, 0) is 44.7 Å². The van der Waals surface area contributed by atoms with Crippen molar-refractivity contribution >= 4 is 11.6 Å². The van der Waals surface area contributed by atoms with Crippen LogP contribution in [0.25, 0.3) is 0 Å². The monoisotopic (exact) mass is 264 g/mol. The van der Waals surface area contributed by atoms with Gasteiger partial charge in [0.25, 0.3) is 5.91 Å². The first-order valence-corrected chi connectivity index (χ1v) is 6.90. The minimum atomic E-state index is -0.375. The quantitative estimate of drug-likeness (QED) is 0.856. The van der Waals surface area contributed by atoms with Crippen LogP contribution in [0.4, 0.5) is 10.1 Å². The van der Waals surface area contributed by atoms with E-state index in [4.69, 9.17) is 0 Å². The Morgan fingerprint density at radius 3 is 2.74 bits per heavy atom. The van der Waals surface area contributed by atoms with Gasteiger partial charge in [-0.1, -0.05) is 13.0 Å². The molecule has 0 aliphatic heterocycles. The van der Waals surface area contributed by atoms with Crippen LogP contribution in [0.3, 0.4) is 0 Å². The molecule has 2 rings (SSSR count). The molecule has 0 unspecified atom stereocenters. The van der Waals surface area contributed by atoms with Gasteiger partial charge in [0.1, 0.15) is 5.82 Å². The van der Waals surface area contributed by atoms with Crippen LogP contribution >= 0.6 is 0 Å². The Hall–Kier alpha value is -1.58. The van der Waals surface area contributed by atoms with Gasteiger partial charge in [-0.2, -0.15) is 0 Å². The number of rotatable bonds is 5. The van der Waals surface area contributed by atoms with E-state index in [1.807, 2.05) is 13.8 Å². The maximum Gasteiger partial charge on any atom is 0.253 e. The Morgan fingerprint density at radius 2 is 2.16 bits per heavy atom. The standard InChI is InChI=1S/C15H21FN2O/c1-3-10-17-13-11(6-4-7-12(13)16)14(19)18-15(2)8-5-9-15/h4,6-7,17H,3,5,8-10H2,1-2H3,(H,18,19). The van der Waals surface area contributed by atoms with Crippen molar-refractivity contribution in [2.75, 3.05) is 11.9 Å². The Morgan fingerprint density at radius 1 is 1.42 bits per heavy atom. The first-order chi connectivity index (χ1) is 9.06. The average molecular weight is 264 g/mol. The van der Waals surface area contributed by atoms with E-state index in [9.17, 15) is 9.18 Å². The molecule has 0 bridgehead atoms. The molecule has 0 aromatic heterocycles. The zero-order valence-corrected chi connectivity index (χ0v) is 11.6. The molecule has 3 nitrogen and oxygen atoms in total. The highest BCUT2D eigenvalue weighted by Crippen LogP contribution is 2.32. The Balaban J connectivity index is 2.18. The molecule has 1 aliphatic carbocycles. The van der Waals surface area contributed by atoms with Gasteiger partial charge in [0.15, 0.2) is 0 Å². The van der Waals surface area contributed by atoms with Crippen LogP contribution in [-0.4, -0.2) is 18.0 Å². The summed E-state index contributed by atoms with van der Waals surface area (Å²) in [6, 6.07) is 4.61. The minimum absolute atomic E-state index is 0.120. The predicted octanol–water partition coefficient (Wildman–Crippen LogP) is 3.32. The summed E-state index contributed by atoms with van der Waals surface area (Å²) in [5.74, 6) is -0.569. The highest BCUT2D eigenvalue weighted by atomic mass is 19.1. The molecule has 104 valence electrons. The number of halogens is 1. The zero-order valence-electron chi connectivity index (χ0n) is 11.6. The van der Waals surface area contributed by atoms with Gasteiger partial charge in [0.2, 0.25) is 0 Å². The first kappa shape index (κ1) is 13.8. The number of hydrogen-bond acceptors (Lipinski definition) is 2. The fourth-order valence-corrected chi connectivity index (χ4v) is 2.32. The summed E-state index contributed by atoms with van der Waals surface area (Å²) >= 11 is 0. The minimum Gasteiger partial charge on any atom is -0.382 e. The molecule has 0 saturated heterocycles. The van der Waals surface area contributed by atoms with Crippen molar-refractivity contribution in [3.8, 4) is 0 Å². The number of amides is 1. The Bertz CT molecular complexity index is 469. The van der Waals surface area contributed by atoms with Crippen molar-refractivity contribution < 1.29 is 9.18 Å². The average Bonchev–Trinajstić information content (AvgIpc) is 2.35. The van der Waals surface area contributed by atoms with Crippen molar-refractivity contribution in [1.29, 1.82) is 0 Å². The second kappa shape index (κ2) is 5.59. The van der Waals surface area contributed by atoms with E-state index < -0.39 is 0 Å². The van der Waals surface area contributed by atoms with Gasteiger partial charge in [0.05, 0.1) is 11.3 Å². The normalized spacial score (nSPS) is 16.6. The molecule has 1 amide bonds. The van der Waals surface area contributed by atoms with Gasteiger partial charge in [-0.15, -0.1) is 0 Å². The lowest BCUT2D eigenvalue weighted by Gasteiger charge is -2.39. The molecule has 0 radical (unpaired) electrons. The van der Waals surface area contributed by atoms with E-state index >= 15 is 0 Å². The molecule has 1 aromatic carbocycles. The maximum atomic E-state index is 13.8. The van der Waals surface area contributed by atoms with Crippen LogP contribution in [0.2, 0.25) is 0 Å². The Kier molecular flexibility index (Phi) is 4.08. The summed E-state index contributed by atoms with van der Waals surface area (Å²) in [5, 5.41) is 6.01. The van der Waals surface area contributed by atoms with Crippen LogP contribution in [-0.2, 0) is 0 Å². The molecule has 2 N–H and O–H groups in total. The third-order valence-electron chi connectivity index (χ3n) is 3.68. The molecule has 1 aromatic rings. The highest BCUT2D eigenvalue weighted by molar-refractivity contribution is 6.00. The summed E-state index contributed by atoms with van der Waals surface area (Å²) in [6.07, 6.45) is 4.01. The van der Waals surface area contributed by atoms with E-state index in [0.29, 0.717) is 17.8 Å². The molecular formula is C15H21FN2O. The summed E-state index contributed by atoms with van der Waals surface area (Å²) in [5.41, 5.74) is 0.581. The number of benzene rings is 1. The predicted molar refractivity (Wildman–Crippen MR) is 74.9 cm³/mol. The van der Waals surface area contributed by atoms with Crippen LogP contribution < -0.4 is 10.6 Å². The molecule has 0 heterocycles. The third kappa shape index (κ3) is 3.06.